The van der Waals surface area contributed by atoms with Crippen molar-refractivity contribution in [3.63, 3.8) is 0 Å². The zero-order valence-corrected chi connectivity index (χ0v) is 10.3. The second kappa shape index (κ2) is 7.01. The number of hydrogen-bond donors (Lipinski definition) is 3. The summed E-state index contributed by atoms with van der Waals surface area (Å²) >= 11 is 0. The highest BCUT2D eigenvalue weighted by Crippen LogP contribution is 2.20. The molecule has 0 aliphatic rings. The van der Waals surface area contributed by atoms with E-state index in [1.54, 1.807) is 19.1 Å². The van der Waals surface area contributed by atoms with Gasteiger partial charge in [0.15, 0.2) is 0 Å². The van der Waals surface area contributed by atoms with Crippen LogP contribution in [-0.4, -0.2) is 30.3 Å². The van der Waals surface area contributed by atoms with Gasteiger partial charge in [-0.15, -0.1) is 0 Å². The van der Waals surface area contributed by atoms with Gasteiger partial charge < -0.3 is 20.9 Å². The van der Waals surface area contributed by atoms with Crippen molar-refractivity contribution in [3.8, 4) is 5.75 Å². The number of hydrogen-bond acceptors (Lipinski definition) is 4. The Kier molecular flexibility index (Phi) is 5.65. The lowest BCUT2D eigenvalue weighted by Gasteiger charge is -2.17. The molecule has 19 heavy (non-hydrogen) atoms. The van der Waals surface area contributed by atoms with Crippen molar-refractivity contribution in [2.24, 2.45) is 5.73 Å². The lowest BCUT2D eigenvalue weighted by Crippen LogP contribution is -2.43. The molecule has 1 aromatic rings. The van der Waals surface area contributed by atoms with Crippen molar-refractivity contribution in [1.82, 2.24) is 5.32 Å². The first-order valence-electron chi connectivity index (χ1n) is 5.65. The lowest BCUT2D eigenvalue weighted by molar-refractivity contribution is -0.123. The summed E-state index contributed by atoms with van der Waals surface area (Å²) in [5, 5.41) is 11.3. The van der Waals surface area contributed by atoms with Crippen LogP contribution in [-0.2, 0) is 4.79 Å². The fourth-order valence-corrected chi connectivity index (χ4v) is 1.45. The highest BCUT2D eigenvalue weighted by Gasteiger charge is 2.16. The second-order valence-electron chi connectivity index (χ2n) is 3.97. The average Bonchev–Trinajstić information content (AvgIpc) is 2.37. The van der Waals surface area contributed by atoms with Crippen molar-refractivity contribution in [2.45, 2.75) is 25.6 Å². The Morgan fingerprint density at radius 2 is 2.21 bits per heavy atom. The number of amides is 1. The van der Waals surface area contributed by atoms with Crippen molar-refractivity contribution in [3.05, 3.63) is 29.8 Å². The summed E-state index contributed by atoms with van der Waals surface area (Å²) in [6.45, 7) is -1.70. The molecule has 2 atom stereocenters. The number of aliphatic hydroxyl groups excluding tert-OH is 1. The fourth-order valence-electron chi connectivity index (χ4n) is 1.45. The summed E-state index contributed by atoms with van der Waals surface area (Å²) in [5.41, 5.74) is 5.95. The van der Waals surface area contributed by atoms with Crippen LogP contribution < -0.4 is 15.8 Å². The lowest BCUT2D eigenvalue weighted by atomic mass is 10.1. The maximum Gasteiger partial charge on any atom is 0.387 e. The van der Waals surface area contributed by atoms with Gasteiger partial charge in [0.25, 0.3) is 0 Å². The minimum atomic E-state index is -2.90. The van der Waals surface area contributed by atoms with E-state index < -0.39 is 31.2 Å². The summed E-state index contributed by atoms with van der Waals surface area (Å²) in [5.74, 6) is -0.504. The normalized spacial score (nSPS) is 14.0. The van der Waals surface area contributed by atoms with Crippen LogP contribution in [0.2, 0.25) is 0 Å². The highest BCUT2D eigenvalue weighted by molar-refractivity contribution is 5.82. The zero-order valence-electron chi connectivity index (χ0n) is 10.3. The molecule has 0 saturated carbocycles. The smallest absolute Gasteiger partial charge is 0.387 e. The van der Waals surface area contributed by atoms with Gasteiger partial charge in [0, 0.05) is 0 Å². The minimum absolute atomic E-state index is 0.0139. The molecule has 0 saturated heterocycles. The number of carbonyl (C=O) groups excluding carboxylic acids is 1. The van der Waals surface area contributed by atoms with Crippen LogP contribution in [0.25, 0.3) is 0 Å². The maximum atomic E-state index is 12.1. The number of halogens is 2. The monoisotopic (exact) mass is 274 g/mol. The Bertz CT molecular complexity index is 429. The molecule has 5 nitrogen and oxygen atoms in total. The molecule has 1 amide bonds. The topological polar surface area (TPSA) is 84.6 Å². The van der Waals surface area contributed by atoms with E-state index in [1.807, 2.05) is 0 Å². The molecule has 7 heteroatoms. The Balaban J connectivity index is 2.71. The van der Waals surface area contributed by atoms with Crippen LogP contribution in [0.1, 0.15) is 18.5 Å². The van der Waals surface area contributed by atoms with Crippen LogP contribution in [0.3, 0.4) is 0 Å². The number of benzene rings is 1. The molecule has 0 heterocycles. The Morgan fingerprint density at radius 3 is 2.79 bits per heavy atom. The molecule has 0 radical (unpaired) electrons. The van der Waals surface area contributed by atoms with Gasteiger partial charge in [-0.25, -0.2) is 0 Å². The molecule has 1 rings (SSSR count). The quantitative estimate of drug-likeness (QED) is 0.716. The number of alkyl halides is 2. The van der Waals surface area contributed by atoms with Crippen molar-refractivity contribution in [2.75, 3.05) is 6.61 Å². The first-order valence-corrected chi connectivity index (χ1v) is 5.65. The summed E-state index contributed by atoms with van der Waals surface area (Å²) in [6.07, 6.45) is 0. The molecule has 0 aliphatic carbocycles. The van der Waals surface area contributed by atoms with Crippen LogP contribution in [0.15, 0.2) is 24.3 Å². The number of nitrogens with two attached hydrogens (primary N) is 1. The van der Waals surface area contributed by atoms with E-state index in [0.717, 1.165) is 0 Å². The standard InChI is InChI=1S/C12H16F2N2O3/c1-7(16-11(18)10(15)6-17)8-3-2-4-9(5-8)19-12(13)14/h2-5,7,10,12,17H,6,15H2,1H3,(H,16,18)/t7-,10-/m1/s1. The third-order valence-electron chi connectivity index (χ3n) is 2.48. The molecule has 0 unspecified atom stereocenters. The SMILES string of the molecule is C[C@@H](NC(=O)[C@H](N)CO)c1cccc(OC(F)F)c1. The van der Waals surface area contributed by atoms with Gasteiger partial charge in [0.2, 0.25) is 5.91 Å². The number of aliphatic hydroxyl groups is 1. The van der Waals surface area contributed by atoms with Gasteiger partial charge in [-0.1, -0.05) is 12.1 Å². The molecule has 0 bridgehead atoms. The molecular formula is C12H16F2N2O3. The third-order valence-corrected chi connectivity index (χ3v) is 2.48. The van der Waals surface area contributed by atoms with Gasteiger partial charge in [-0.2, -0.15) is 8.78 Å². The van der Waals surface area contributed by atoms with Gasteiger partial charge in [-0.05, 0) is 24.6 Å². The van der Waals surface area contributed by atoms with Gasteiger partial charge in [0.05, 0.1) is 12.6 Å². The summed E-state index contributed by atoms with van der Waals surface area (Å²) in [6, 6.07) is 4.55. The van der Waals surface area contributed by atoms with E-state index in [-0.39, 0.29) is 5.75 Å². The summed E-state index contributed by atoms with van der Waals surface area (Å²) in [7, 11) is 0. The van der Waals surface area contributed by atoms with Crippen LogP contribution in [0, 0.1) is 0 Å². The van der Waals surface area contributed by atoms with E-state index in [2.05, 4.69) is 10.1 Å². The maximum absolute atomic E-state index is 12.1. The highest BCUT2D eigenvalue weighted by atomic mass is 19.3. The summed E-state index contributed by atoms with van der Waals surface area (Å²) in [4.78, 5) is 11.5. The molecule has 106 valence electrons. The largest absolute Gasteiger partial charge is 0.435 e. The molecule has 4 N–H and O–H groups in total. The predicted molar refractivity (Wildman–Crippen MR) is 64.7 cm³/mol. The van der Waals surface area contributed by atoms with Crippen molar-refractivity contribution in [1.29, 1.82) is 0 Å². The van der Waals surface area contributed by atoms with Crippen LogP contribution >= 0.6 is 0 Å². The summed E-state index contributed by atoms with van der Waals surface area (Å²) < 4.78 is 28.4. The molecule has 0 aromatic heterocycles. The van der Waals surface area contributed by atoms with Crippen LogP contribution in [0.4, 0.5) is 8.78 Å². The van der Waals surface area contributed by atoms with Gasteiger partial charge >= 0.3 is 6.61 Å². The van der Waals surface area contributed by atoms with Crippen molar-refractivity contribution < 1.29 is 23.4 Å². The first kappa shape index (κ1) is 15.3. The fraction of sp³-hybridized carbons (Fsp3) is 0.417. The Labute approximate surface area is 109 Å². The minimum Gasteiger partial charge on any atom is -0.435 e. The number of nitrogens with one attached hydrogen (secondary N) is 1. The van der Waals surface area contributed by atoms with E-state index in [0.29, 0.717) is 5.56 Å². The number of rotatable bonds is 6. The third kappa shape index (κ3) is 4.80. The zero-order chi connectivity index (χ0) is 14.4. The molecule has 0 spiro atoms. The average molecular weight is 274 g/mol. The molecular weight excluding hydrogens is 258 g/mol. The number of carbonyl (C=O) groups is 1. The van der Waals surface area contributed by atoms with E-state index in [1.165, 1.54) is 12.1 Å². The van der Waals surface area contributed by atoms with Crippen LogP contribution in [0.5, 0.6) is 5.75 Å². The first-order chi connectivity index (χ1) is 8.93. The number of ether oxygens (including phenoxy) is 1. The van der Waals surface area contributed by atoms with E-state index in [9.17, 15) is 13.6 Å². The predicted octanol–water partition coefficient (Wildman–Crippen LogP) is 0.785. The van der Waals surface area contributed by atoms with Crippen molar-refractivity contribution >= 4 is 5.91 Å². The molecule has 0 aliphatic heterocycles. The van der Waals surface area contributed by atoms with Gasteiger partial charge in [0.1, 0.15) is 11.8 Å². The van der Waals surface area contributed by atoms with E-state index in [4.69, 9.17) is 10.8 Å². The Morgan fingerprint density at radius 1 is 1.53 bits per heavy atom. The Hall–Kier alpha value is -1.73. The molecule has 0 fully saturated rings. The molecule has 1 aromatic carbocycles. The second-order valence-corrected chi connectivity index (χ2v) is 3.97. The van der Waals surface area contributed by atoms with E-state index >= 15 is 0 Å². The van der Waals surface area contributed by atoms with Gasteiger partial charge in [-0.3, -0.25) is 4.79 Å².